The fourth-order valence-electron chi connectivity index (χ4n) is 12.0. The largest absolute Gasteiger partial charge is 0.459 e. The molecule has 8 aromatic rings. The molecule has 21 heteroatoms. The van der Waals surface area contributed by atoms with E-state index in [1.807, 2.05) is 189 Å². The van der Waals surface area contributed by atoms with Gasteiger partial charge in [0.15, 0.2) is 18.7 Å². The lowest BCUT2D eigenvalue weighted by Gasteiger charge is -2.51. The van der Waals surface area contributed by atoms with Crippen molar-refractivity contribution in [1.29, 1.82) is 0 Å². The van der Waals surface area contributed by atoms with Crippen molar-refractivity contribution in [2.45, 2.75) is 149 Å². The Morgan fingerprint density at radius 1 is 0.374 bits per heavy atom. The average molecular weight is 1410 g/mol. The van der Waals surface area contributed by atoms with Crippen LogP contribution in [0.5, 0.6) is 0 Å². The highest BCUT2D eigenvalue weighted by Crippen LogP contribution is 2.39. The Morgan fingerprint density at radius 3 is 1.21 bits per heavy atom. The topological polar surface area (TPSA) is 192 Å². The number of halogens is 3. The zero-order chi connectivity index (χ0) is 68.8. The van der Waals surface area contributed by atoms with Gasteiger partial charge >= 0.3 is 18.0 Å². The Bertz CT molecular complexity index is 3690. The molecule has 0 spiro atoms. The van der Waals surface area contributed by atoms with Crippen molar-refractivity contribution < 1.29 is 80.7 Å². The summed E-state index contributed by atoms with van der Waals surface area (Å²) >= 11 is 18.5. The minimum atomic E-state index is -2.02. The number of hydrogen-bond donors (Lipinski definition) is 1. The Labute approximate surface area is 591 Å². The van der Waals surface area contributed by atoms with E-state index < -0.39 is 127 Å². The van der Waals surface area contributed by atoms with E-state index in [2.05, 4.69) is 5.32 Å². The molecule has 3 aliphatic heterocycles. The van der Waals surface area contributed by atoms with Crippen molar-refractivity contribution in [3.8, 4) is 0 Å². The molecule has 0 saturated carbocycles. The molecule has 3 heterocycles. The second-order valence-electron chi connectivity index (χ2n) is 24.2. The predicted octanol–water partition coefficient (Wildman–Crippen LogP) is 13.7. The van der Waals surface area contributed by atoms with E-state index in [0.717, 1.165) is 33.4 Å². The third kappa shape index (κ3) is 21.2. The van der Waals surface area contributed by atoms with Gasteiger partial charge in [-0.05, 0) is 71.5 Å². The van der Waals surface area contributed by atoms with Gasteiger partial charge in [0.2, 0.25) is 3.79 Å². The van der Waals surface area contributed by atoms with Crippen molar-refractivity contribution in [2.75, 3.05) is 19.8 Å². The molecule has 11 rings (SSSR count). The molecule has 6 unspecified atom stereocenters. The van der Waals surface area contributed by atoms with Crippen LogP contribution in [0.3, 0.4) is 0 Å². The number of alkyl carbamates (subject to hydrolysis) is 1. The van der Waals surface area contributed by atoms with Gasteiger partial charge in [-0.25, -0.2) is 14.4 Å². The van der Waals surface area contributed by atoms with Crippen LogP contribution >= 0.6 is 34.8 Å². The molecule has 15 atom stereocenters. The number of benzene rings is 8. The van der Waals surface area contributed by atoms with Gasteiger partial charge in [-0.3, -0.25) is 0 Å². The molecule has 0 bridgehead atoms. The highest BCUT2D eigenvalue weighted by molar-refractivity contribution is 6.67. The fraction of sp³-hybridized carbons (Fsp3) is 0.346. The summed E-state index contributed by atoms with van der Waals surface area (Å²) < 4.78 is 94.8. The predicted molar refractivity (Wildman–Crippen MR) is 369 cm³/mol. The summed E-state index contributed by atoms with van der Waals surface area (Å²) in [6.07, 6.45) is -17.7. The first kappa shape index (κ1) is 72.6. The molecule has 3 aliphatic rings. The Kier molecular flexibility index (Phi) is 26.9. The summed E-state index contributed by atoms with van der Waals surface area (Å²) in [5.41, 5.74) is 5.58. The Balaban J connectivity index is 1.06. The standard InChI is InChI=1S/C78H80Cl3NO17/c1-52-64(82-77(85)93-51-78(79,80)81)68(67(97-74(84)61-41-25-10-26-42-61)63(94-52)50-92-73(83)60-39-23-9-24-40-60)98-76-72(70(90-47-58-35-19-7-20-36-58)66(88-45-56-31-15-5-16-32-56)62(96-76)49-86-43-54-27-11-3-12-28-54)99-75-71(91-48-59-37-21-8-22-38-59)69(89-46-57-33-17-6-18-34-57)65(53(2)95-75)87-44-55-29-13-4-14-30-55/h3-42,52-53,62-72,75-76H,43-51H2,1-2H3,(H,82,85)/t52-,53?,62?,63?,64?,65-,66-,67-,68+,69+,70-,71?,72?,75-,76-/m0/s1. The number of carbonyl (C=O) groups is 3. The first-order valence-electron chi connectivity index (χ1n) is 32.9. The number of amides is 1. The molecule has 3 fully saturated rings. The second-order valence-corrected chi connectivity index (χ2v) is 26.7. The van der Waals surface area contributed by atoms with Crippen LogP contribution in [0, 0.1) is 0 Å². The van der Waals surface area contributed by atoms with Gasteiger partial charge in [-0.2, -0.15) is 0 Å². The normalized spacial score (nSPS) is 25.4. The minimum Gasteiger partial charge on any atom is -0.459 e. The van der Waals surface area contributed by atoms with E-state index >= 15 is 0 Å². The number of ether oxygens (including phenoxy) is 14. The van der Waals surface area contributed by atoms with E-state index in [1.165, 1.54) is 0 Å². The zero-order valence-electron chi connectivity index (χ0n) is 54.7. The highest BCUT2D eigenvalue weighted by atomic mass is 35.6. The van der Waals surface area contributed by atoms with Gasteiger partial charge in [0, 0.05) is 0 Å². The van der Waals surface area contributed by atoms with E-state index in [1.54, 1.807) is 67.6 Å². The van der Waals surface area contributed by atoms with E-state index in [-0.39, 0.29) is 57.4 Å². The summed E-state index contributed by atoms with van der Waals surface area (Å²) in [5.74, 6) is -1.51. The van der Waals surface area contributed by atoms with Gasteiger partial charge in [0.05, 0.1) is 75.6 Å². The summed E-state index contributed by atoms with van der Waals surface area (Å²) in [5, 5.41) is 2.87. The SMILES string of the molecule is CC1O[C@@H](OC2[C@H](O[C@@H]3C(NC(=O)OCC(Cl)(Cl)Cl)[C@H](C)OC(COC(=O)c4ccccc4)[C@@H]3OC(=O)c3ccccc3)OC(COCc3ccccc3)[C@H](OCc3ccccc3)[C@@H]2OCc2ccccc2)C(OCc2ccccc2)[C@H](OCc2ccccc2)[C@H]1OCc1ccccc1. The summed E-state index contributed by atoms with van der Waals surface area (Å²) in [4.78, 5) is 43.0. The van der Waals surface area contributed by atoms with Crippen LogP contribution in [0.2, 0.25) is 0 Å². The van der Waals surface area contributed by atoms with Gasteiger partial charge in [0.1, 0.15) is 68.1 Å². The van der Waals surface area contributed by atoms with Crippen LogP contribution in [-0.4, -0.2) is 134 Å². The van der Waals surface area contributed by atoms with Crippen LogP contribution < -0.4 is 5.32 Å². The smallest absolute Gasteiger partial charge is 0.407 e. The average Bonchev–Trinajstić information content (AvgIpc) is 0.730. The van der Waals surface area contributed by atoms with E-state index in [4.69, 9.17) is 101 Å². The van der Waals surface area contributed by atoms with Crippen molar-refractivity contribution in [2.24, 2.45) is 0 Å². The first-order valence-corrected chi connectivity index (χ1v) is 34.1. The first-order chi connectivity index (χ1) is 48.3. The number of alkyl halides is 3. The second kappa shape index (κ2) is 36.7. The van der Waals surface area contributed by atoms with Crippen LogP contribution in [0.1, 0.15) is 67.9 Å². The number of carbonyl (C=O) groups excluding carboxylic acids is 3. The molecule has 520 valence electrons. The third-order valence-corrected chi connectivity index (χ3v) is 17.3. The molecule has 18 nitrogen and oxygen atoms in total. The number of nitrogens with one attached hydrogen (secondary N) is 1. The van der Waals surface area contributed by atoms with E-state index in [0.29, 0.717) is 0 Å². The maximum atomic E-state index is 14.8. The number of esters is 2. The third-order valence-electron chi connectivity index (χ3n) is 17.0. The summed E-state index contributed by atoms with van der Waals surface area (Å²) in [7, 11) is 0. The minimum absolute atomic E-state index is 0.00858. The maximum Gasteiger partial charge on any atom is 0.407 e. The monoisotopic (exact) mass is 1410 g/mol. The van der Waals surface area contributed by atoms with Gasteiger partial charge in [-0.1, -0.05) is 253 Å². The fourth-order valence-corrected chi connectivity index (χ4v) is 12.2. The lowest BCUT2D eigenvalue weighted by atomic mass is 9.92. The molecule has 0 aliphatic carbocycles. The van der Waals surface area contributed by atoms with Crippen molar-refractivity contribution in [1.82, 2.24) is 5.32 Å². The molecule has 8 aromatic carbocycles. The molecular weight excluding hydrogens is 1330 g/mol. The lowest BCUT2D eigenvalue weighted by molar-refractivity contribution is -0.389. The van der Waals surface area contributed by atoms with Crippen molar-refractivity contribution in [3.05, 3.63) is 287 Å². The zero-order valence-corrected chi connectivity index (χ0v) is 57.0. The van der Waals surface area contributed by atoms with E-state index in [9.17, 15) is 14.4 Å². The molecular formula is C78H80Cl3NO17. The molecule has 0 aromatic heterocycles. The molecule has 99 heavy (non-hydrogen) atoms. The van der Waals surface area contributed by atoms with Gasteiger partial charge in [-0.15, -0.1) is 0 Å². The van der Waals surface area contributed by atoms with Crippen LogP contribution in [0.15, 0.2) is 243 Å². The molecule has 1 N–H and O–H groups in total. The molecule has 0 radical (unpaired) electrons. The molecule has 1 amide bonds. The lowest BCUT2D eigenvalue weighted by Crippen LogP contribution is -2.69. The van der Waals surface area contributed by atoms with Gasteiger partial charge < -0.3 is 71.6 Å². The maximum absolute atomic E-state index is 14.8. The molecule has 3 saturated heterocycles. The quantitative estimate of drug-likeness (QED) is 0.0254. The highest BCUT2D eigenvalue weighted by Gasteiger charge is 2.57. The van der Waals surface area contributed by atoms with Gasteiger partial charge in [0.25, 0.3) is 0 Å². The number of hydrogen-bond acceptors (Lipinski definition) is 17. The van der Waals surface area contributed by atoms with Crippen LogP contribution in [-0.2, 0) is 106 Å². The number of rotatable bonds is 30. The van der Waals surface area contributed by atoms with Crippen molar-refractivity contribution in [3.63, 3.8) is 0 Å². The van der Waals surface area contributed by atoms with Crippen molar-refractivity contribution >= 4 is 52.8 Å². The van der Waals surface area contributed by atoms with Crippen LogP contribution in [0.25, 0.3) is 0 Å². The summed E-state index contributed by atoms with van der Waals surface area (Å²) in [6, 6.07) is 73.5. The summed E-state index contributed by atoms with van der Waals surface area (Å²) in [6.45, 7) is 2.96. The Morgan fingerprint density at radius 2 is 0.747 bits per heavy atom. The van der Waals surface area contributed by atoms with Crippen LogP contribution in [0.4, 0.5) is 4.79 Å². The Hall–Kier alpha value is -7.60.